The molecule has 0 amide bonds. The van der Waals surface area contributed by atoms with E-state index >= 15 is 0 Å². The van der Waals surface area contributed by atoms with Crippen molar-refractivity contribution in [3.63, 3.8) is 0 Å². The van der Waals surface area contributed by atoms with Crippen molar-refractivity contribution in [2.24, 2.45) is 11.8 Å². The second kappa shape index (κ2) is 5.55. The minimum Gasteiger partial charge on any atom is -0.383 e. The highest BCUT2D eigenvalue weighted by atomic mass is 16.5. The van der Waals surface area contributed by atoms with E-state index in [1.54, 1.807) is 7.11 Å². The minimum atomic E-state index is 0.161. The molecule has 1 aliphatic carbocycles. The minimum absolute atomic E-state index is 0.161. The predicted molar refractivity (Wildman–Crippen MR) is 63.4 cm³/mol. The molecule has 1 saturated carbocycles. The predicted octanol–water partition coefficient (Wildman–Crippen LogP) is 0.626. The number of rotatable bonds is 7. The van der Waals surface area contributed by atoms with Crippen molar-refractivity contribution in [2.75, 3.05) is 20.3 Å². The molecule has 1 aromatic heterocycles. The third-order valence-corrected chi connectivity index (χ3v) is 3.39. The summed E-state index contributed by atoms with van der Waals surface area (Å²) in [4.78, 5) is 0. The van der Waals surface area contributed by atoms with Crippen LogP contribution in [0, 0.1) is 11.8 Å². The number of nitrogens with one attached hydrogen (secondary N) is 1. The average molecular weight is 239 g/mol. The van der Waals surface area contributed by atoms with Crippen LogP contribution in [0.25, 0.3) is 0 Å². The normalized spacial score (nSPS) is 24.9. The van der Waals surface area contributed by atoms with E-state index in [1.165, 1.54) is 6.42 Å². The highest BCUT2D eigenvalue weighted by molar-refractivity contribution is 4.92. The Hall–Kier alpha value is -1.01. The first-order chi connectivity index (χ1) is 8.22. The molecule has 0 aliphatic heterocycles. The number of hydrogen-bond acceptors (Lipinski definition) is 5. The van der Waals surface area contributed by atoms with E-state index in [4.69, 9.17) is 4.74 Å². The lowest BCUT2D eigenvalue weighted by molar-refractivity contribution is 0.195. The molecule has 1 aromatic rings. The van der Waals surface area contributed by atoms with E-state index < -0.39 is 0 Å². The molecule has 17 heavy (non-hydrogen) atoms. The van der Waals surface area contributed by atoms with E-state index in [0.717, 1.165) is 30.7 Å². The second-order valence-electron chi connectivity index (χ2n) is 4.86. The SMILES string of the molecule is COCCNC(C)c1nnnn1CC1CC1C. The van der Waals surface area contributed by atoms with Gasteiger partial charge in [-0.25, -0.2) is 4.68 Å². The summed E-state index contributed by atoms with van der Waals surface area (Å²) in [7, 11) is 1.70. The summed E-state index contributed by atoms with van der Waals surface area (Å²) >= 11 is 0. The molecule has 96 valence electrons. The van der Waals surface area contributed by atoms with Gasteiger partial charge in [-0.3, -0.25) is 0 Å². The molecular weight excluding hydrogens is 218 g/mol. The highest BCUT2D eigenvalue weighted by Gasteiger charge is 2.34. The van der Waals surface area contributed by atoms with E-state index in [2.05, 4.69) is 34.7 Å². The quantitative estimate of drug-likeness (QED) is 0.707. The van der Waals surface area contributed by atoms with Crippen molar-refractivity contribution in [2.45, 2.75) is 32.9 Å². The van der Waals surface area contributed by atoms with Crippen LogP contribution in [0.15, 0.2) is 0 Å². The lowest BCUT2D eigenvalue weighted by atomic mass is 10.3. The average Bonchev–Trinajstić information content (AvgIpc) is 2.80. The fourth-order valence-electron chi connectivity index (χ4n) is 2.00. The van der Waals surface area contributed by atoms with Crippen LogP contribution in [0.3, 0.4) is 0 Å². The zero-order valence-electron chi connectivity index (χ0n) is 10.8. The summed E-state index contributed by atoms with van der Waals surface area (Å²) in [6.45, 7) is 6.80. The maximum atomic E-state index is 5.01. The van der Waals surface area contributed by atoms with Crippen molar-refractivity contribution in [1.82, 2.24) is 25.5 Å². The van der Waals surface area contributed by atoms with Gasteiger partial charge >= 0.3 is 0 Å². The molecule has 3 atom stereocenters. The first kappa shape index (κ1) is 12.4. The van der Waals surface area contributed by atoms with Gasteiger partial charge in [-0.15, -0.1) is 5.10 Å². The van der Waals surface area contributed by atoms with Crippen LogP contribution in [-0.2, 0) is 11.3 Å². The van der Waals surface area contributed by atoms with Crippen LogP contribution in [0.2, 0.25) is 0 Å². The molecule has 0 saturated heterocycles. The third-order valence-electron chi connectivity index (χ3n) is 3.39. The Kier molecular flexibility index (Phi) is 4.06. The summed E-state index contributed by atoms with van der Waals surface area (Å²) in [6.07, 6.45) is 1.30. The van der Waals surface area contributed by atoms with Crippen molar-refractivity contribution in [3.8, 4) is 0 Å². The molecule has 1 N–H and O–H groups in total. The van der Waals surface area contributed by atoms with Crippen LogP contribution in [0.4, 0.5) is 0 Å². The van der Waals surface area contributed by atoms with Gasteiger partial charge in [0, 0.05) is 20.2 Å². The van der Waals surface area contributed by atoms with Crippen LogP contribution in [0.5, 0.6) is 0 Å². The molecule has 0 spiro atoms. The Bertz CT molecular complexity index is 353. The van der Waals surface area contributed by atoms with E-state index in [1.807, 2.05) is 4.68 Å². The van der Waals surface area contributed by atoms with Gasteiger partial charge in [0.05, 0.1) is 12.6 Å². The van der Waals surface area contributed by atoms with Crippen molar-refractivity contribution in [3.05, 3.63) is 5.82 Å². The van der Waals surface area contributed by atoms with Crippen LogP contribution in [0.1, 0.15) is 32.1 Å². The maximum absolute atomic E-state index is 5.01. The van der Waals surface area contributed by atoms with Gasteiger partial charge in [-0.05, 0) is 35.6 Å². The maximum Gasteiger partial charge on any atom is 0.167 e. The largest absolute Gasteiger partial charge is 0.383 e. The number of tetrazole rings is 1. The Morgan fingerprint density at radius 1 is 1.59 bits per heavy atom. The summed E-state index contributed by atoms with van der Waals surface area (Å²) in [5.74, 6) is 2.49. The summed E-state index contributed by atoms with van der Waals surface area (Å²) < 4.78 is 6.94. The standard InChI is InChI=1S/C11H21N5O/c1-8-6-10(8)7-16-11(13-14-15-16)9(2)12-4-5-17-3/h8-10,12H,4-7H2,1-3H3. The van der Waals surface area contributed by atoms with Crippen molar-refractivity contribution >= 4 is 0 Å². The summed E-state index contributed by atoms with van der Waals surface area (Å²) in [5, 5.41) is 15.3. The molecule has 6 nitrogen and oxygen atoms in total. The molecule has 0 aromatic carbocycles. The summed E-state index contributed by atoms with van der Waals surface area (Å²) in [6, 6.07) is 0.161. The fraction of sp³-hybridized carbons (Fsp3) is 0.909. The van der Waals surface area contributed by atoms with Crippen molar-refractivity contribution in [1.29, 1.82) is 0 Å². The van der Waals surface area contributed by atoms with Gasteiger partial charge in [0.2, 0.25) is 0 Å². The zero-order valence-corrected chi connectivity index (χ0v) is 10.8. The number of nitrogens with zero attached hydrogens (tertiary/aromatic N) is 4. The van der Waals surface area contributed by atoms with Crippen LogP contribution in [-0.4, -0.2) is 40.5 Å². The van der Waals surface area contributed by atoms with Gasteiger partial charge in [-0.1, -0.05) is 6.92 Å². The van der Waals surface area contributed by atoms with E-state index in [-0.39, 0.29) is 6.04 Å². The molecule has 1 heterocycles. The first-order valence-electron chi connectivity index (χ1n) is 6.20. The zero-order chi connectivity index (χ0) is 12.3. The smallest absolute Gasteiger partial charge is 0.167 e. The van der Waals surface area contributed by atoms with Gasteiger partial charge in [0.15, 0.2) is 5.82 Å². The van der Waals surface area contributed by atoms with Gasteiger partial charge in [0.1, 0.15) is 0 Å². The molecule has 1 fully saturated rings. The van der Waals surface area contributed by atoms with Crippen LogP contribution >= 0.6 is 0 Å². The van der Waals surface area contributed by atoms with Gasteiger partial charge < -0.3 is 10.1 Å². The molecule has 3 unspecified atom stereocenters. The molecular formula is C11H21N5O. The van der Waals surface area contributed by atoms with Crippen LogP contribution < -0.4 is 5.32 Å². The number of aromatic nitrogens is 4. The summed E-state index contributed by atoms with van der Waals surface area (Å²) in [5.41, 5.74) is 0. The second-order valence-corrected chi connectivity index (χ2v) is 4.86. The molecule has 1 aliphatic rings. The Morgan fingerprint density at radius 3 is 3.00 bits per heavy atom. The Labute approximate surface area is 102 Å². The fourth-order valence-corrected chi connectivity index (χ4v) is 2.00. The third kappa shape index (κ3) is 3.23. The lowest BCUT2D eigenvalue weighted by Gasteiger charge is -2.13. The number of ether oxygens (including phenoxy) is 1. The van der Waals surface area contributed by atoms with Crippen molar-refractivity contribution < 1.29 is 4.74 Å². The Morgan fingerprint density at radius 2 is 2.35 bits per heavy atom. The lowest BCUT2D eigenvalue weighted by Crippen LogP contribution is -2.26. The molecule has 0 radical (unpaired) electrons. The highest BCUT2D eigenvalue weighted by Crippen LogP contribution is 2.38. The van der Waals surface area contributed by atoms with E-state index in [0.29, 0.717) is 6.61 Å². The van der Waals surface area contributed by atoms with E-state index in [9.17, 15) is 0 Å². The number of hydrogen-bond donors (Lipinski definition) is 1. The Balaban J connectivity index is 1.88. The van der Waals surface area contributed by atoms with Gasteiger partial charge in [0.25, 0.3) is 0 Å². The molecule has 6 heteroatoms. The first-order valence-corrected chi connectivity index (χ1v) is 6.20. The number of methoxy groups -OCH3 is 1. The van der Waals surface area contributed by atoms with Gasteiger partial charge in [-0.2, -0.15) is 0 Å². The molecule has 2 rings (SSSR count). The topological polar surface area (TPSA) is 64.9 Å². The monoisotopic (exact) mass is 239 g/mol. The molecule has 0 bridgehead atoms.